The Balaban J connectivity index is 1.54. The van der Waals surface area contributed by atoms with Gasteiger partial charge in [0.05, 0.1) is 12.9 Å². The molecule has 0 spiro atoms. The van der Waals surface area contributed by atoms with Crippen molar-refractivity contribution in [3.05, 3.63) is 64.4 Å². The second kappa shape index (κ2) is 8.82. The van der Waals surface area contributed by atoms with Crippen LogP contribution in [-0.4, -0.2) is 32.9 Å². The Morgan fingerprint density at radius 2 is 2.20 bits per heavy atom. The zero-order valence-corrected chi connectivity index (χ0v) is 16.7. The summed E-state index contributed by atoms with van der Waals surface area (Å²) in [5.41, 5.74) is 1.11. The van der Waals surface area contributed by atoms with Gasteiger partial charge in [0.15, 0.2) is 0 Å². The first-order valence-corrected chi connectivity index (χ1v) is 10.0. The summed E-state index contributed by atoms with van der Waals surface area (Å²) >= 11 is 1.39. The lowest BCUT2D eigenvalue weighted by molar-refractivity contribution is 0.168. The van der Waals surface area contributed by atoms with Crippen molar-refractivity contribution < 1.29 is 18.4 Å². The van der Waals surface area contributed by atoms with Crippen LogP contribution in [0.15, 0.2) is 61.4 Å². The topological polar surface area (TPSA) is 125 Å². The second-order valence-electron chi connectivity index (χ2n) is 6.13. The first-order valence-electron chi connectivity index (χ1n) is 9.04. The van der Waals surface area contributed by atoms with Crippen LogP contribution in [0.5, 0.6) is 0 Å². The van der Waals surface area contributed by atoms with Crippen molar-refractivity contribution in [1.29, 1.82) is 0 Å². The molecule has 1 amide bonds. The van der Waals surface area contributed by atoms with E-state index < -0.39 is 11.7 Å². The predicted octanol–water partition coefficient (Wildman–Crippen LogP) is 3.28. The molecule has 0 radical (unpaired) electrons. The van der Waals surface area contributed by atoms with Gasteiger partial charge >= 0.3 is 11.7 Å². The van der Waals surface area contributed by atoms with Crippen LogP contribution in [0.2, 0.25) is 0 Å². The van der Waals surface area contributed by atoms with Gasteiger partial charge in [0.25, 0.3) is 0 Å². The summed E-state index contributed by atoms with van der Waals surface area (Å²) in [7, 11) is 0. The van der Waals surface area contributed by atoms with Crippen molar-refractivity contribution in [2.24, 2.45) is 0 Å². The molecule has 4 rings (SSSR count). The minimum absolute atomic E-state index is 0.259. The first kappa shape index (κ1) is 19.7. The Morgan fingerprint density at radius 3 is 3.00 bits per heavy atom. The van der Waals surface area contributed by atoms with E-state index in [0.717, 1.165) is 16.7 Å². The van der Waals surface area contributed by atoms with Gasteiger partial charge in [-0.1, -0.05) is 11.8 Å². The summed E-state index contributed by atoms with van der Waals surface area (Å²) in [5.74, 6) is 1.18. The van der Waals surface area contributed by atoms with Gasteiger partial charge in [0.2, 0.25) is 5.16 Å². The van der Waals surface area contributed by atoms with Crippen LogP contribution in [0.4, 0.5) is 10.5 Å². The van der Waals surface area contributed by atoms with Gasteiger partial charge in [-0.05, 0) is 47.2 Å². The SMILES string of the molecule is CCOC(=O)Nc1ccc2c(CSc3nnnn3Cc3ccco3)cc(=O)oc2c1. The number of aromatic nitrogens is 4. The molecule has 0 saturated heterocycles. The summed E-state index contributed by atoms with van der Waals surface area (Å²) in [5, 5.41) is 15.7. The molecule has 0 unspecified atom stereocenters. The number of fused-ring (bicyclic) bond motifs is 1. The molecule has 0 atom stereocenters. The number of rotatable bonds is 7. The van der Waals surface area contributed by atoms with Gasteiger partial charge in [-0.3, -0.25) is 5.32 Å². The van der Waals surface area contributed by atoms with Crippen LogP contribution in [0.3, 0.4) is 0 Å². The number of nitrogens with one attached hydrogen (secondary N) is 1. The van der Waals surface area contributed by atoms with Crippen LogP contribution in [0.25, 0.3) is 11.0 Å². The maximum Gasteiger partial charge on any atom is 0.411 e. The zero-order chi connectivity index (χ0) is 20.9. The summed E-state index contributed by atoms with van der Waals surface area (Å²) in [4.78, 5) is 23.6. The van der Waals surface area contributed by atoms with Crippen LogP contribution >= 0.6 is 11.8 Å². The lowest BCUT2D eigenvalue weighted by atomic mass is 10.1. The van der Waals surface area contributed by atoms with Crippen molar-refractivity contribution in [1.82, 2.24) is 20.2 Å². The van der Waals surface area contributed by atoms with Crippen molar-refractivity contribution >= 4 is 34.5 Å². The van der Waals surface area contributed by atoms with Gasteiger partial charge in [-0.15, -0.1) is 5.10 Å². The van der Waals surface area contributed by atoms with E-state index in [1.165, 1.54) is 17.8 Å². The lowest BCUT2D eigenvalue weighted by Crippen LogP contribution is -2.13. The minimum atomic E-state index is -0.575. The zero-order valence-electron chi connectivity index (χ0n) is 15.9. The quantitative estimate of drug-likeness (QED) is 0.349. The molecule has 1 N–H and O–H groups in total. The average Bonchev–Trinajstić information content (AvgIpc) is 3.38. The smallest absolute Gasteiger partial charge is 0.411 e. The standard InChI is InChI=1S/C19H17N5O5S/c1-2-27-19(26)20-13-5-6-15-12(8-17(25)29-16(15)9-13)11-30-18-21-22-23-24(18)10-14-4-3-7-28-14/h3-9H,2,10-11H2,1H3,(H,20,26). The first-order chi connectivity index (χ1) is 14.6. The van der Waals surface area contributed by atoms with Gasteiger partial charge < -0.3 is 13.6 Å². The molecule has 0 aliphatic heterocycles. The van der Waals surface area contributed by atoms with Crippen molar-refractivity contribution in [2.45, 2.75) is 24.4 Å². The number of furan rings is 1. The summed E-state index contributed by atoms with van der Waals surface area (Å²) < 4.78 is 17.1. The number of carbonyl (C=O) groups excluding carboxylic acids is 1. The van der Waals surface area contributed by atoms with Crippen LogP contribution in [-0.2, 0) is 17.0 Å². The fourth-order valence-electron chi connectivity index (χ4n) is 2.80. The van der Waals surface area contributed by atoms with Gasteiger partial charge in [0.1, 0.15) is 17.9 Å². The Bertz CT molecular complexity index is 1220. The maximum atomic E-state index is 12.0. The highest BCUT2D eigenvalue weighted by molar-refractivity contribution is 7.98. The lowest BCUT2D eigenvalue weighted by Gasteiger charge is -2.08. The molecule has 154 valence electrons. The predicted molar refractivity (Wildman–Crippen MR) is 108 cm³/mol. The number of ether oxygens (including phenoxy) is 1. The van der Waals surface area contributed by atoms with Gasteiger partial charge in [-0.2, -0.15) is 0 Å². The Labute approximate surface area is 174 Å². The van der Waals surface area contributed by atoms with E-state index in [4.69, 9.17) is 13.6 Å². The van der Waals surface area contributed by atoms with Crippen molar-refractivity contribution in [3.63, 3.8) is 0 Å². The highest BCUT2D eigenvalue weighted by Gasteiger charge is 2.13. The molecule has 10 nitrogen and oxygen atoms in total. The third kappa shape index (κ3) is 4.51. The number of thioether (sulfide) groups is 1. The van der Waals surface area contributed by atoms with Crippen molar-refractivity contribution in [3.8, 4) is 0 Å². The van der Waals surface area contributed by atoms with Gasteiger partial charge in [-0.25, -0.2) is 14.3 Å². The molecule has 0 aliphatic carbocycles. The summed E-state index contributed by atoms with van der Waals surface area (Å²) in [6.07, 6.45) is 1.02. The fourth-order valence-corrected chi connectivity index (χ4v) is 3.67. The van der Waals surface area contributed by atoms with E-state index in [9.17, 15) is 9.59 Å². The number of anilines is 1. The molecule has 0 fully saturated rings. The Kier molecular flexibility index (Phi) is 5.80. The van der Waals surface area contributed by atoms with Gasteiger partial charge in [0, 0.05) is 29.0 Å². The number of nitrogens with zero attached hydrogens (tertiary/aromatic N) is 4. The molecule has 1 aromatic carbocycles. The molecule has 30 heavy (non-hydrogen) atoms. The van der Waals surface area contributed by atoms with Crippen molar-refractivity contribution in [2.75, 3.05) is 11.9 Å². The molecule has 0 bridgehead atoms. The molecule has 4 aromatic rings. The summed E-state index contributed by atoms with van der Waals surface area (Å²) in [6.45, 7) is 2.38. The third-order valence-corrected chi connectivity index (χ3v) is 5.10. The van der Waals surface area contributed by atoms with E-state index in [1.54, 1.807) is 42.1 Å². The number of hydrogen-bond donors (Lipinski definition) is 1. The fraction of sp³-hybridized carbons (Fsp3) is 0.211. The average molecular weight is 427 g/mol. The molecule has 3 heterocycles. The van der Waals surface area contributed by atoms with Crippen LogP contribution in [0.1, 0.15) is 18.2 Å². The number of benzene rings is 1. The van der Waals surface area contributed by atoms with E-state index in [2.05, 4.69) is 20.8 Å². The highest BCUT2D eigenvalue weighted by atomic mass is 32.2. The maximum absolute atomic E-state index is 12.0. The number of hydrogen-bond acceptors (Lipinski definition) is 9. The molecule has 11 heteroatoms. The number of tetrazole rings is 1. The summed E-state index contributed by atoms with van der Waals surface area (Å²) in [6, 6.07) is 10.2. The Hall–Kier alpha value is -3.60. The molecule has 0 aliphatic rings. The van der Waals surface area contributed by atoms with E-state index in [1.807, 2.05) is 6.07 Å². The number of carbonyl (C=O) groups is 1. The second-order valence-corrected chi connectivity index (χ2v) is 7.08. The third-order valence-electron chi connectivity index (χ3n) is 4.09. The Morgan fingerprint density at radius 1 is 1.30 bits per heavy atom. The normalized spacial score (nSPS) is 11.0. The van der Waals surface area contributed by atoms with Crippen LogP contribution < -0.4 is 10.9 Å². The largest absolute Gasteiger partial charge is 0.467 e. The monoisotopic (exact) mass is 427 g/mol. The minimum Gasteiger partial charge on any atom is -0.467 e. The van der Waals surface area contributed by atoms with Crippen LogP contribution in [0, 0.1) is 0 Å². The van der Waals surface area contributed by atoms with E-state index in [0.29, 0.717) is 28.7 Å². The van der Waals surface area contributed by atoms with E-state index in [-0.39, 0.29) is 6.61 Å². The highest BCUT2D eigenvalue weighted by Crippen LogP contribution is 2.27. The molecular formula is C19H17N5O5S. The molecule has 0 saturated carbocycles. The molecule has 3 aromatic heterocycles. The number of amides is 1. The molecular weight excluding hydrogens is 410 g/mol. The van der Waals surface area contributed by atoms with E-state index >= 15 is 0 Å².